The summed E-state index contributed by atoms with van der Waals surface area (Å²) in [6.07, 6.45) is 3.90. The number of amides is 1. The van der Waals surface area contributed by atoms with Gasteiger partial charge in [-0.1, -0.05) is 18.9 Å². The first-order valence-electron chi connectivity index (χ1n) is 8.07. The molecule has 6 nitrogen and oxygen atoms in total. The highest BCUT2D eigenvalue weighted by Gasteiger charge is 2.28. The van der Waals surface area contributed by atoms with Crippen LogP contribution in [0.1, 0.15) is 37.1 Å². The molecule has 6 heteroatoms. The van der Waals surface area contributed by atoms with Crippen molar-refractivity contribution in [3.8, 4) is 0 Å². The molecular formula is C17H22N4O2. The van der Waals surface area contributed by atoms with Gasteiger partial charge in [-0.3, -0.25) is 14.0 Å². The second-order valence-corrected chi connectivity index (χ2v) is 6.23. The van der Waals surface area contributed by atoms with Crippen LogP contribution in [0.15, 0.2) is 29.1 Å². The quantitative estimate of drug-likeness (QED) is 0.885. The third kappa shape index (κ3) is 3.27. The fourth-order valence-electron chi connectivity index (χ4n) is 3.41. The number of aromatic nitrogens is 2. The molecule has 1 aliphatic carbocycles. The molecule has 1 aliphatic rings. The second kappa shape index (κ2) is 6.50. The molecule has 0 radical (unpaired) electrons. The molecule has 2 atom stereocenters. The van der Waals surface area contributed by atoms with Crippen LogP contribution in [0, 0.1) is 12.8 Å². The lowest BCUT2D eigenvalue weighted by atomic mass is 9.84. The smallest absolute Gasteiger partial charge is 0.258 e. The van der Waals surface area contributed by atoms with Crippen molar-refractivity contribution in [1.29, 1.82) is 0 Å². The van der Waals surface area contributed by atoms with Gasteiger partial charge in [-0.25, -0.2) is 4.98 Å². The van der Waals surface area contributed by atoms with Crippen LogP contribution in [0.5, 0.6) is 0 Å². The summed E-state index contributed by atoms with van der Waals surface area (Å²) in [5.74, 6) is -0.378. The van der Waals surface area contributed by atoms with Crippen molar-refractivity contribution in [3.05, 3.63) is 46.0 Å². The zero-order valence-electron chi connectivity index (χ0n) is 13.3. The summed E-state index contributed by atoms with van der Waals surface area (Å²) in [4.78, 5) is 28.4. The average Bonchev–Trinajstić information content (AvgIpc) is 2.53. The first-order valence-corrected chi connectivity index (χ1v) is 8.07. The van der Waals surface area contributed by atoms with Gasteiger partial charge in [0, 0.05) is 24.3 Å². The third-order valence-corrected chi connectivity index (χ3v) is 4.61. The topological polar surface area (TPSA) is 89.5 Å². The Kier molecular flexibility index (Phi) is 4.43. The number of carbonyl (C=O) groups excluding carboxylic acids is 1. The van der Waals surface area contributed by atoms with Crippen molar-refractivity contribution in [3.63, 3.8) is 0 Å². The standard InChI is InChI=1S/C17H22N4O2/c1-11-5-4-8-15-20-12(9-16(22)21(11)15)10-19-14-7-3-2-6-13(14)17(18)23/h4-5,8-9,13-14,19H,2-3,6-7,10H2,1H3,(H2,18,23)/t13-,14+/m0/s1. The number of rotatable bonds is 4. The van der Waals surface area contributed by atoms with Gasteiger partial charge in [-0.15, -0.1) is 0 Å². The van der Waals surface area contributed by atoms with Crippen molar-refractivity contribution in [2.24, 2.45) is 11.7 Å². The van der Waals surface area contributed by atoms with Crippen LogP contribution in [0.2, 0.25) is 0 Å². The number of nitrogens with zero attached hydrogens (tertiary/aromatic N) is 2. The Balaban J connectivity index is 1.79. The van der Waals surface area contributed by atoms with Crippen LogP contribution in [-0.4, -0.2) is 21.3 Å². The molecule has 1 amide bonds. The number of hydrogen-bond donors (Lipinski definition) is 2. The van der Waals surface area contributed by atoms with E-state index < -0.39 is 0 Å². The Bertz CT molecular complexity index is 784. The summed E-state index contributed by atoms with van der Waals surface area (Å²) < 4.78 is 1.59. The van der Waals surface area contributed by atoms with Crippen LogP contribution in [0.25, 0.3) is 5.65 Å². The van der Waals surface area contributed by atoms with E-state index in [0.717, 1.165) is 31.4 Å². The summed E-state index contributed by atoms with van der Waals surface area (Å²) in [7, 11) is 0. The molecule has 0 bridgehead atoms. The number of nitrogens with two attached hydrogens (primary N) is 1. The van der Waals surface area contributed by atoms with Gasteiger partial charge in [0.25, 0.3) is 5.56 Å². The van der Waals surface area contributed by atoms with Gasteiger partial charge in [-0.2, -0.15) is 0 Å². The zero-order valence-corrected chi connectivity index (χ0v) is 13.3. The highest BCUT2D eigenvalue weighted by Crippen LogP contribution is 2.24. The predicted octanol–water partition coefficient (Wildman–Crippen LogP) is 1.14. The lowest BCUT2D eigenvalue weighted by Crippen LogP contribution is -2.44. The fraction of sp³-hybridized carbons (Fsp3) is 0.471. The molecule has 1 saturated carbocycles. The Labute approximate surface area is 134 Å². The van der Waals surface area contributed by atoms with Gasteiger partial charge in [0.05, 0.1) is 11.6 Å². The van der Waals surface area contributed by atoms with E-state index in [4.69, 9.17) is 5.73 Å². The molecule has 122 valence electrons. The van der Waals surface area contributed by atoms with E-state index in [0.29, 0.717) is 17.9 Å². The van der Waals surface area contributed by atoms with Crippen molar-refractivity contribution in [1.82, 2.24) is 14.7 Å². The van der Waals surface area contributed by atoms with Gasteiger partial charge in [0.2, 0.25) is 5.91 Å². The minimum atomic E-state index is -0.246. The number of nitrogens with one attached hydrogen (secondary N) is 1. The molecule has 1 fully saturated rings. The van der Waals surface area contributed by atoms with E-state index in [-0.39, 0.29) is 23.4 Å². The third-order valence-electron chi connectivity index (χ3n) is 4.61. The number of fused-ring (bicyclic) bond motifs is 1. The first-order chi connectivity index (χ1) is 11.1. The minimum Gasteiger partial charge on any atom is -0.369 e. The van der Waals surface area contributed by atoms with E-state index in [1.807, 2.05) is 25.1 Å². The molecule has 0 unspecified atom stereocenters. The Morgan fingerprint density at radius 3 is 2.96 bits per heavy atom. The first kappa shape index (κ1) is 15.7. The molecule has 2 heterocycles. The molecular weight excluding hydrogens is 292 g/mol. The summed E-state index contributed by atoms with van der Waals surface area (Å²) >= 11 is 0. The number of hydrogen-bond acceptors (Lipinski definition) is 4. The lowest BCUT2D eigenvalue weighted by Gasteiger charge is -2.30. The Morgan fingerprint density at radius 1 is 1.39 bits per heavy atom. The molecule has 0 spiro atoms. The predicted molar refractivity (Wildman–Crippen MR) is 88.0 cm³/mol. The van der Waals surface area contributed by atoms with Crippen LogP contribution in [0.3, 0.4) is 0 Å². The largest absolute Gasteiger partial charge is 0.369 e. The van der Waals surface area contributed by atoms with E-state index in [1.165, 1.54) is 0 Å². The molecule has 23 heavy (non-hydrogen) atoms. The van der Waals surface area contributed by atoms with Crippen molar-refractivity contribution >= 4 is 11.6 Å². The maximum atomic E-state index is 12.3. The second-order valence-electron chi connectivity index (χ2n) is 6.23. The van der Waals surface area contributed by atoms with E-state index in [9.17, 15) is 9.59 Å². The molecule has 0 aromatic carbocycles. The Hall–Kier alpha value is -2.21. The summed E-state index contributed by atoms with van der Waals surface area (Å²) in [6.45, 7) is 2.35. The average molecular weight is 314 g/mol. The van der Waals surface area contributed by atoms with Gasteiger partial charge < -0.3 is 11.1 Å². The van der Waals surface area contributed by atoms with Crippen LogP contribution < -0.4 is 16.6 Å². The van der Waals surface area contributed by atoms with Gasteiger partial charge >= 0.3 is 0 Å². The summed E-state index contributed by atoms with van der Waals surface area (Å²) in [6, 6.07) is 7.21. The zero-order chi connectivity index (χ0) is 16.4. The highest BCUT2D eigenvalue weighted by atomic mass is 16.1. The number of pyridine rings is 1. The van der Waals surface area contributed by atoms with Gasteiger partial charge in [-0.05, 0) is 31.9 Å². The Morgan fingerprint density at radius 2 is 2.17 bits per heavy atom. The number of carbonyl (C=O) groups is 1. The fourth-order valence-corrected chi connectivity index (χ4v) is 3.41. The minimum absolute atomic E-state index is 0.0685. The normalized spacial score (nSPS) is 21.4. The van der Waals surface area contributed by atoms with Crippen LogP contribution in [-0.2, 0) is 11.3 Å². The molecule has 3 rings (SSSR count). The highest BCUT2D eigenvalue weighted by molar-refractivity contribution is 5.77. The maximum Gasteiger partial charge on any atom is 0.258 e. The van der Waals surface area contributed by atoms with Gasteiger partial charge in [0.15, 0.2) is 0 Å². The van der Waals surface area contributed by atoms with Crippen molar-refractivity contribution in [2.75, 3.05) is 0 Å². The molecule has 3 N–H and O–H groups in total. The van der Waals surface area contributed by atoms with Crippen molar-refractivity contribution < 1.29 is 4.79 Å². The van der Waals surface area contributed by atoms with E-state index in [1.54, 1.807) is 10.5 Å². The maximum absolute atomic E-state index is 12.3. The van der Waals surface area contributed by atoms with Gasteiger partial charge in [0.1, 0.15) is 5.65 Å². The molecule has 2 aromatic rings. The number of aryl methyl sites for hydroxylation is 1. The molecule has 2 aromatic heterocycles. The summed E-state index contributed by atoms with van der Waals surface area (Å²) in [5.41, 5.74) is 7.60. The van der Waals surface area contributed by atoms with E-state index >= 15 is 0 Å². The monoisotopic (exact) mass is 314 g/mol. The van der Waals surface area contributed by atoms with Crippen molar-refractivity contribution in [2.45, 2.75) is 45.2 Å². The van der Waals surface area contributed by atoms with Crippen LogP contribution >= 0.6 is 0 Å². The molecule has 0 saturated heterocycles. The lowest BCUT2D eigenvalue weighted by molar-refractivity contribution is -0.123. The SMILES string of the molecule is Cc1cccc2nc(CN[C@@H]3CCCC[C@@H]3C(N)=O)cc(=O)n12. The molecule has 0 aliphatic heterocycles. The van der Waals surface area contributed by atoms with E-state index in [2.05, 4.69) is 10.3 Å². The summed E-state index contributed by atoms with van der Waals surface area (Å²) in [5, 5.41) is 3.36. The van der Waals surface area contributed by atoms with Crippen LogP contribution in [0.4, 0.5) is 0 Å². The number of primary amides is 1.